The van der Waals surface area contributed by atoms with Gasteiger partial charge in [0.1, 0.15) is 0 Å². The second kappa shape index (κ2) is 11.0. The maximum atomic E-state index is 12.1. The highest BCUT2D eigenvalue weighted by atomic mass is 16.5. The Kier molecular flexibility index (Phi) is 8.75. The molecule has 28 heavy (non-hydrogen) atoms. The molecule has 0 aliphatic carbocycles. The van der Waals surface area contributed by atoms with Gasteiger partial charge in [-0.1, -0.05) is 13.8 Å². The van der Waals surface area contributed by atoms with Crippen molar-refractivity contribution in [2.75, 3.05) is 52.7 Å². The summed E-state index contributed by atoms with van der Waals surface area (Å²) < 4.78 is 16.1. The van der Waals surface area contributed by atoms with Crippen LogP contribution in [-0.4, -0.2) is 86.2 Å². The number of amides is 4. The van der Waals surface area contributed by atoms with Crippen LogP contribution in [0.4, 0.5) is 0 Å². The third-order valence-corrected chi connectivity index (χ3v) is 4.65. The van der Waals surface area contributed by atoms with Gasteiger partial charge in [0.2, 0.25) is 11.8 Å². The van der Waals surface area contributed by atoms with Crippen molar-refractivity contribution in [3.05, 3.63) is 12.2 Å². The Morgan fingerprint density at radius 2 is 1.29 bits per heavy atom. The highest BCUT2D eigenvalue weighted by Gasteiger charge is 2.39. The lowest BCUT2D eigenvalue weighted by molar-refractivity contribution is -0.141. The van der Waals surface area contributed by atoms with E-state index in [1.54, 1.807) is 0 Å². The standard InChI is InChI=1S/C19H28N2O7/c1-14(2)15-13-18(24)21(19(15)25)6-8-27-10-12-28-11-9-26-7-5-20-16(22)3-4-17(20)23/h3-4,14-15H,5-13H2,1-2H3. The minimum atomic E-state index is -0.320. The zero-order valence-corrected chi connectivity index (χ0v) is 16.4. The van der Waals surface area contributed by atoms with Crippen LogP contribution in [0, 0.1) is 11.8 Å². The highest BCUT2D eigenvalue weighted by molar-refractivity contribution is 6.12. The molecule has 1 fully saturated rings. The normalized spacial score (nSPS) is 19.8. The van der Waals surface area contributed by atoms with Crippen LogP contribution in [0.5, 0.6) is 0 Å². The average molecular weight is 396 g/mol. The molecular formula is C19H28N2O7. The van der Waals surface area contributed by atoms with Crippen LogP contribution in [0.2, 0.25) is 0 Å². The fraction of sp³-hybridized carbons (Fsp3) is 0.684. The third-order valence-electron chi connectivity index (χ3n) is 4.65. The molecule has 9 nitrogen and oxygen atoms in total. The molecular weight excluding hydrogens is 368 g/mol. The van der Waals surface area contributed by atoms with Crippen molar-refractivity contribution >= 4 is 23.6 Å². The van der Waals surface area contributed by atoms with Crippen LogP contribution in [0.1, 0.15) is 20.3 Å². The van der Waals surface area contributed by atoms with E-state index in [0.29, 0.717) is 26.4 Å². The first kappa shape index (κ1) is 22.2. The van der Waals surface area contributed by atoms with Crippen molar-refractivity contribution in [1.29, 1.82) is 0 Å². The summed E-state index contributed by atoms with van der Waals surface area (Å²) in [6.07, 6.45) is 2.77. The van der Waals surface area contributed by atoms with E-state index in [1.807, 2.05) is 13.8 Å². The first-order valence-corrected chi connectivity index (χ1v) is 9.52. The fourth-order valence-corrected chi connectivity index (χ4v) is 2.97. The van der Waals surface area contributed by atoms with E-state index in [2.05, 4.69) is 0 Å². The molecule has 0 aromatic heterocycles. The minimum absolute atomic E-state index is 0.106. The first-order valence-electron chi connectivity index (χ1n) is 9.52. The van der Waals surface area contributed by atoms with Gasteiger partial charge in [-0.3, -0.25) is 29.0 Å². The number of nitrogens with zero attached hydrogens (tertiary/aromatic N) is 2. The summed E-state index contributed by atoms with van der Waals surface area (Å²) >= 11 is 0. The number of imide groups is 2. The predicted molar refractivity (Wildman–Crippen MR) is 98.0 cm³/mol. The number of hydrogen-bond acceptors (Lipinski definition) is 7. The number of ether oxygens (including phenoxy) is 3. The molecule has 0 radical (unpaired) electrons. The van der Waals surface area contributed by atoms with E-state index in [0.717, 1.165) is 4.90 Å². The van der Waals surface area contributed by atoms with Crippen LogP contribution in [0.15, 0.2) is 12.2 Å². The Hall–Kier alpha value is -2.10. The molecule has 0 bridgehead atoms. The summed E-state index contributed by atoms with van der Waals surface area (Å²) in [7, 11) is 0. The minimum Gasteiger partial charge on any atom is -0.377 e. The summed E-state index contributed by atoms with van der Waals surface area (Å²) in [4.78, 5) is 49.1. The molecule has 2 rings (SSSR count). The second-order valence-corrected chi connectivity index (χ2v) is 6.94. The van der Waals surface area contributed by atoms with Crippen molar-refractivity contribution in [3.8, 4) is 0 Å². The summed E-state index contributed by atoms with van der Waals surface area (Å²) in [5.41, 5.74) is 0. The van der Waals surface area contributed by atoms with E-state index in [4.69, 9.17) is 14.2 Å². The van der Waals surface area contributed by atoms with Gasteiger partial charge >= 0.3 is 0 Å². The van der Waals surface area contributed by atoms with Gasteiger partial charge in [0.15, 0.2) is 0 Å². The number of likely N-dealkylation sites (tertiary alicyclic amines) is 1. The van der Waals surface area contributed by atoms with Gasteiger partial charge in [0.05, 0.1) is 52.7 Å². The second-order valence-electron chi connectivity index (χ2n) is 6.94. The van der Waals surface area contributed by atoms with E-state index < -0.39 is 0 Å². The maximum absolute atomic E-state index is 12.1. The third kappa shape index (κ3) is 6.22. The zero-order chi connectivity index (χ0) is 20.5. The number of carbonyl (C=O) groups excluding carboxylic acids is 4. The van der Waals surface area contributed by atoms with Crippen LogP contribution in [0.25, 0.3) is 0 Å². The molecule has 1 atom stereocenters. The van der Waals surface area contributed by atoms with Gasteiger partial charge in [-0.2, -0.15) is 0 Å². The van der Waals surface area contributed by atoms with Gasteiger partial charge in [0.25, 0.3) is 11.8 Å². The molecule has 0 spiro atoms. The summed E-state index contributed by atoms with van der Waals surface area (Å²) in [5.74, 6) is -0.933. The van der Waals surface area contributed by atoms with Gasteiger partial charge in [0, 0.05) is 24.5 Å². The molecule has 156 valence electrons. The Morgan fingerprint density at radius 1 is 0.821 bits per heavy atom. The molecule has 2 aliphatic rings. The Bertz CT molecular complexity index is 599. The lowest BCUT2D eigenvalue weighted by Gasteiger charge is -2.16. The molecule has 0 N–H and O–H groups in total. The molecule has 0 aromatic rings. The Morgan fingerprint density at radius 3 is 1.75 bits per heavy atom. The number of rotatable bonds is 13. The maximum Gasteiger partial charge on any atom is 0.253 e. The lowest BCUT2D eigenvalue weighted by atomic mass is 9.94. The number of carbonyl (C=O) groups is 4. The fourth-order valence-electron chi connectivity index (χ4n) is 2.97. The molecule has 9 heteroatoms. The largest absolute Gasteiger partial charge is 0.377 e. The van der Waals surface area contributed by atoms with E-state index in [1.165, 1.54) is 17.1 Å². The zero-order valence-electron chi connectivity index (χ0n) is 16.4. The van der Waals surface area contributed by atoms with Crippen molar-refractivity contribution in [3.63, 3.8) is 0 Å². The van der Waals surface area contributed by atoms with Gasteiger partial charge in [-0.15, -0.1) is 0 Å². The SMILES string of the molecule is CC(C)C1CC(=O)N(CCOCCOCCOCCN2C(=O)C=CC2=O)C1=O. The van der Waals surface area contributed by atoms with Crippen LogP contribution < -0.4 is 0 Å². The quantitative estimate of drug-likeness (QED) is 0.319. The molecule has 2 heterocycles. The molecule has 0 aromatic carbocycles. The van der Waals surface area contributed by atoms with E-state index >= 15 is 0 Å². The topological polar surface area (TPSA) is 102 Å². The smallest absolute Gasteiger partial charge is 0.253 e. The lowest BCUT2D eigenvalue weighted by Crippen LogP contribution is -2.34. The van der Waals surface area contributed by atoms with Gasteiger partial charge in [-0.25, -0.2) is 0 Å². The van der Waals surface area contributed by atoms with E-state index in [9.17, 15) is 19.2 Å². The Labute approximate surface area is 164 Å². The summed E-state index contributed by atoms with van der Waals surface area (Å²) in [6, 6.07) is 0. The molecule has 1 saturated heterocycles. The number of hydrogen-bond donors (Lipinski definition) is 0. The Balaban J connectivity index is 1.42. The van der Waals surface area contributed by atoms with Crippen molar-refractivity contribution in [2.24, 2.45) is 11.8 Å². The van der Waals surface area contributed by atoms with Crippen molar-refractivity contribution in [2.45, 2.75) is 20.3 Å². The van der Waals surface area contributed by atoms with Crippen LogP contribution in [0.3, 0.4) is 0 Å². The monoisotopic (exact) mass is 396 g/mol. The van der Waals surface area contributed by atoms with Gasteiger partial charge < -0.3 is 14.2 Å². The predicted octanol–water partition coefficient (Wildman–Crippen LogP) is -0.00770. The highest BCUT2D eigenvalue weighted by Crippen LogP contribution is 2.25. The summed E-state index contributed by atoms with van der Waals surface area (Å²) in [5, 5.41) is 0. The van der Waals surface area contributed by atoms with E-state index in [-0.39, 0.29) is 68.2 Å². The van der Waals surface area contributed by atoms with Crippen LogP contribution >= 0.6 is 0 Å². The average Bonchev–Trinajstić information content (AvgIpc) is 3.12. The van der Waals surface area contributed by atoms with Crippen molar-refractivity contribution < 1.29 is 33.4 Å². The molecule has 0 saturated carbocycles. The first-order chi connectivity index (χ1) is 13.4. The van der Waals surface area contributed by atoms with Crippen molar-refractivity contribution in [1.82, 2.24) is 9.80 Å². The summed E-state index contributed by atoms with van der Waals surface area (Å²) in [6.45, 7) is 6.35. The van der Waals surface area contributed by atoms with Gasteiger partial charge in [-0.05, 0) is 5.92 Å². The molecule has 2 aliphatic heterocycles. The molecule has 4 amide bonds. The van der Waals surface area contributed by atoms with Crippen LogP contribution in [-0.2, 0) is 33.4 Å². The molecule has 1 unspecified atom stereocenters.